The van der Waals surface area contributed by atoms with Gasteiger partial charge in [-0.05, 0) is 94.3 Å². The fourth-order valence-electron chi connectivity index (χ4n) is 9.38. The highest BCUT2D eigenvalue weighted by molar-refractivity contribution is 7.26. The van der Waals surface area contributed by atoms with Gasteiger partial charge in [0.25, 0.3) is 0 Å². The first-order valence-corrected chi connectivity index (χ1v) is 21.3. The first-order valence-electron chi connectivity index (χ1n) is 19.6. The van der Waals surface area contributed by atoms with Gasteiger partial charge >= 0.3 is 0 Å². The predicted octanol–water partition coefficient (Wildman–Crippen LogP) is 16.4. The van der Waals surface area contributed by atoms with Crippen LogP contribution < -0.4 is 4.90 Å². The molecule has 1 aliphatic rings. The van der Waals surface area contributed by atoms with Gasteiger partial charge in [0.2, 0.25) is 0 Å². The van der Waals surface area contributed by atoms with Crippen molar-refractivity contribution in [3.63, 3.8) is 0 Å². The Hall–Kier alpha value is -5.74. The number of fused-ring (bicyclic) bond motifs is 7. The third-order valence-electron chi connectivity index (χ3n) is 11.9. The Labute approximate surface area is 329 Å². The van der Waals surface area contributed by atoms with E-state index in [-0.39, 0.29) is 0 Å². The number of hydrogen-bond donors (Lipinski definition) is 0. The molecule has 0 spiro atoms. The van der Waals surface area contributed by atoms with E-state index in [1.165, 1.54) is 122 Å². The summed E-state index contributed by atoms with van der Waals surface area (Å²) in [6.07, 6.45) is 6.53. The fraction of sp³-hybridized carbons (Fsp3) is 0.115. The summed E-state index contributed by atoms with van der Waals surface area (Å²) in [6, 6.07) is 63.6. The molecule has 11 rings (SSSR count). The smallest absolute Gasteiger partial charge is 0.0555 e. The minimum atomic E-state index is 0.598. The second-order valence-corrected chi connectivity index (χ2v) is 17.2. The molecule has 1 aliphatic carbocycles. The second kappa shape index (κ2) is 13.5. The summed E-state index contributed by atoms with van der Waals surface area (Å²) in [7, 11) is 0. The molecule has 0 saturated heterocycles. The Bertz CT molecular complexity index is 3040. The molecule has 0 bridgehead atoms. The number of anilines is 3. The number of benzene rings is 8. The largest absolute Gasteiger partial charge is 0.309 e. The topological polar surface area (TPSA) is 3.24 Å². The molecule has 2 aromatic heterocycles. The molecule has 0 atom stereocenters. The van der Waals surface area contributed by atoms with Crippen LogP contribution in [0.15, 0.2) is 170 Å². The van der Waals surface area contributed by atoms with Crippen LogP contribution in [0.3, 0.4) is 0 Å². The molecule has 264 valence electrons. The maximum absolute atomic E-state index is 2.55. The molecule has 0 aliphatic heterocycles. The average molecular weight is 742 g/mol. The van der Waals surface area contributed by atoms with Gasteiger partial charge < -0.3 is 4.90 Å². The first-order chi connectivity index (χ1) is 27.3. The summed E-state index contributed by atoms with van der Waals surface area (Å²) in [4.78, 5) is 2.55. The van der Waals surface area contributed by atoms with Crippen molar-refractivity contribution in [1.82, 2.24) is 0 Å². The standard InChI is InChI=1S/C52H39NS2/c1-2-15-34(16-3-1)38-24-11-17-35-18-12-26-42(50(35)38)40-21-4-7-28-45(40)53(46-29-14-32-49-51(46)44-23-6-9-31-48(44)54-49)37-20-10-19-36(33-37)39-25-13-27-43-41-22-5-8-30-47(41)55-52(39)43/h4-14,17-34H,1-3,15-16H2. The van der Waals surface area contributed by atoms with Gasteiger partial charge in [0.15, 0.2) is 0 Å². The minimum absolute atomic E-state index is 0.598. The molecule has 1 nitrogen and oxygen atoms in total. The molecule has 2 heterocycles. The van der Waals surface area contributed by atoms with E-state index in [1.54, 1.807) is 0 Å². The van der Waals surface area contributed by atoms with Crippen molar-refractivity contribution in [1.29, 1.82) is 0 Å². The molecule has 55 heavy (non-hydrogen) atoms. The van der Waals surface area contributed by atoms with E-state index in [4.69, 9.17) is 0 Å². The highest BCUT2D eigenvalue weighted by Gasteiger charge is 2.25. The predicted molar refractivity (Wildman–Crippen MR) is 241 cm³/mol. The zero-order valence-corrected chi connectivity index (χ0v) is 32.2. The summed E-state index contributed by atoms with van der Waals surface area (Å²) in [5, 5.41) is 7.99. The van der Waals surface area contributed by atoms with Crippen LogP contribution in [0.25, 0.3) is 73.4 Å². The molecule has 0 amide bonds. The molecule has 1 saturated carbocycles. The van der Waals surface area contributed by atoms with Gasteiger partial charge in [-0.1, -0.05) is 147 Å². The van der Waals surface area contributed by atoms with E-state index in [0.29, 0.717) is 5.92 Å². The van der Waals surface area contributed by atoms with Crippen molar-refractivity contribution in [3.05, 3.63) is 175 Å². The minimum Gasteiger partial charge on any atom is -0.309 e. The van der Waals surface area contributed by atoms with E-state index in [9.17, 15) is 0 Å². The normalized spacial score (nSPS) is 13.7. The SMILES string of the molecule is c1cc(-c2cccc3c2sc2ccccc23)cc(N(c2ccccc2-c2cccc3cccc(C4CCCCC4)c23)c2cccc3sc4ccccc4c23)c1. The lowest BCUT2D eigenvalue weighted by Gasteiger charge is -2.30. The van der Waals surface area contributed by atoms with Crippen LogP contribution >= 0.6 is 22.7 Å². The first kappa shape index (κ1) is 32.7. The van der Waals surface area contributed by atoms with Gasteiger partial charge in [0.05, 0.1) is 11.4 Å². The molecule has 1 fully saturated rings. The molecule has 0 unspecified atom stereocenters. The molecule has 8 aromatic carbocycles. The number of hydrogen-bond acceptors (Lipinski definition) is 3. The second-order valence-electron chi connectivity index (χ2n) is 15.0. The Kier molecular flexibility index (Phi) is 8.04. The highest BCUT2D eigenvalue weighted by Crippen LogP contribution is 2.50. The monoisotopic (exact) mass is 741 g/mol. The zero-order chi connectivity index (χ0) is 36.3. The average Bonchev–Trinajstić information content (AvgIpc) is 3.83. The van der Waals surface area contributed by atoms with Gasteiger partial charge in [-0.3, -0.25) is 0 Å². The van der Waals surface area contributed by atoms with Gasteiger partial charge in [-0.25, -0.2) is 0 Å². The maximum atomic E-state index is 2.55. The van der Waals surface area contributed by atoms with Gasteiger partial charge in [0.1, 0.15) is 0 Å². The van der Waals surface area contributed by atoms with Crippen molar-refractivity contribution in [3.8, 4) is 22.3 Å². The lowest BCUT2D eigenvalue weighted by Crippen LogP contribution is -2.12. The Morgan fingerprint density at radius 1 is 0.436 bits per heavy atom. The highest BCUT2D eigenvalue weighted by atomic mass is 32.1. The van der Waals surface area contributed by atoms with Crippen LogP contribution in [0.5, 0.6) is 0 Å². The Morgan fingerprint density at radius 3 is 1.96 bits per heavy atom. The van der Waals surface area contributed by atoms with E-state index >= 15 is 0 Å². The fourth-order valence-corrected chi connectivity index (χ4v) is 11.7. The number of nitrogens with zero attached hydrogens (tertiary/aromatic N) is 1. The van der Waals surface area contributed by atoms with Gasteiger partial charge in [-0.15, -0.1) is 22.7 Å². The maximum Gasteiger partial charge on any atom is 0.0555 e. The third kappa shape index (κ3) is 5.48. The van der Waals surface area contributed by atoms with E-state index in [1.807, 2.05) is 22.7 Å². The molecule has 3 heteroatoms. The van der Waals surface area contributed by atoms with Crippen molar-refractivity contribution in [2.45, 2.75) is 38.0 Å². The van der Waals surface area contributed by atoms with Crippen molar-refractivity contribution >= 4 is 90.9 Å². The van der Waals surface area contributed by atoms with Crippen LogP contribution in [-0.2, 0) is 0 Å². The zero-order valence-electron chi connectivity index (χ0n) is 30.5. The van der Waals surface area contributed by atoms with Crippen LogP contribution in [0, 0.1) is 0 Å². The van der Waals surface area contributed by atoms with Crippen molar-refractivity contribution in [2.24, 2.45) is 0 Å². The summed E-state index contributed by atoms with van der Waals surface area (Å²) < 4.78 is 5.28. The van der Waals surface area contributed by atoms with Gasteiger partial charge in [-0.2, -0.15) is 0 Å². The van der Waals surface area contributed by atoms with E-state index in [2.05, 4.69) is 175 Å². The molecule has 10 aromatic rings. The van der Waals surface area contributed by atoms with Crippen LogP contribution in [-0.4, -0.2) is 0 Å². The quantitative estimate of drug-likeness (QED) is 0.164. The number of para-hydroxylation sites is 1. The van der Waals surface area contributed by atoms with Crippen molar-refractivity contribution < 1.29 is 0 Å². The summed E-state index contributed by atoms with van der Waals surface area (Å²) in [5.41, 5.74) is 10.1. The summed E-state index contributed by atoms with van der Waals surface area (Å²) in [6.45, 7) is 0. The van der Waals surface area contributed by atoms with E-state index < -0.39 is 0 Å². The lowest BCUT2D eigenvalue weighted by atomic mass is 9.80. The van der Waals surface area contributed by atoms with Crippen LogP contribution in [0.1, 0.15) is 43.6 Å². The number of rotatable bonds is 6. The molecular formula is C52H39NS2. The molecule has 0 radical (unpaired) electrons. The van der Waals surface area contributed by atoms with Crippen LogP contribution in [0.2, 0.25) is 0 Å². The van der Waals surface area contributed by atoms with Crippen molar-refractivity contribution in [2.75, 3.05) is 4.90 Å². The lowest BCUT2D eigenvalue weighted by molar-refractivity contribution is 0.445. The summed E-state index contributed by atoms with van der Waals surface area (Å²) >= 11 is 3.78. The van der Waals surface area contributed by atoms with Crippen LogP contribution in [0.4, 0.5) is 17.1 Å². The Balaban J connectivity index is 1.18. The molecule has 0 N–H and O–H groups in total. The number of thiophene rings is 2. The third-order valence-corrected chi connectivity index (χ3v) is 14.2. The van der Waals surface area contributed by atoms with Gasteiger partial charge in [0, 0.05) is 51.6 Å². The summed E-state index contributed by atoms with van der Waals surface area (Å²) in [5.74, 6) is 0.598. The molecular weight excluding hydrogens is 703 g/mol. The Morgan fingerprint density at radius 2 is 1.07 bits per heavy atom. The van der Waals surface area contributed by atoms with E-state index in [0.717, 1.165) is 5.69 Å².